The zero-order chi connectivity index (χ0) is 13.9. The van der Waals surface area contributed by atoms with E-state index in [2.05, 4.69) is 22.1 Å². The Balaban J connectivity index is 1.94. The summed E-state index contributed by atoms with van der Waals surface area (Å²) in [4.78, 5) is 11.3. The average Bonchev–Trinajstić information content (AvgIpc) is 2.48. The maximum absolute atomic E-state index is 5.80. The Hall–Kier alpha value is -2.14. The Morgan fingerprint density at radius 2 is 2.00 bits per heavy atom. The number of nitrogens with two attached hydrogens (primary N) is 1. The minimum absolute atomic E-state index is 0.780. The first-order chi connectivity index (χ1) is 9.74. The second-order valence-corrected chi connectivity index (χ2v) is 5.05. The minimum Gasteiger partial charge on any atom is -0.399 e. The third kappa shape index (κ3) is 2.58. The van der Waals surface area contributed by atoms with E-state index in [4.69, 9.17) is 10.7 Å². The quantitative estimate of drug-likeness (QED) is 0.808. The lowest BCUT2D eigenvalue weighted by molar-refractivity contribution is 0.580. The summed E-state index contributed by atoms with van der Waals surface area (Å²) in [6.45, 7) is 5.91. The van der Waals surface area contributed by atoms with Gasteiger partial charge in [0, 0.05) is 43.6 Å². The molecule has 3 N–H and O–H groups in total. The number of hydrogen-bond donors (Lipinski definition) is 2. The van der Waals surface area contributed by atoms with Crippen molar-refractivity contribution in [2.75, 3.05) is 36.8 Å². The van der Waals surface area contributed by atoms with Crippen molar-refractivity contribution in [1.29, 1.82) is 0 Å². The SMILES string of the molecule is Cc1cc(N)ccc1-c1ccnc(N2CCNCC2)n1. The van der Waals surface area contributed by atoms with Gasteiger partial charge in [0.15, 0.2) is 0 Å². The summed E-state index contributed by atoms with van der Waals surface area (Å²) >= 11 is 0. The van der Waals surface area contributed by atoms with E-state index in [0.717, 1.165) is 54.6 Å². The molecule has 104 valence electrons. The van der Waals surface area contributed by atoms with Gasteiger partial charge < -0.3 is 16.0 Å². The Bertz CT molecular complexity index is 605. The highest BCUT2D eigenvalue weighted by atomic mass is 15.3. The molecule has 5 nitrogen and oxygen atoms in total. The average molecular weight is 269 g/mol. The lowest BCUT2D eigenvalue weighted by Gasteiger charge is -2.27. The highest BCUT2D eigenvalue weighted by Crippen LogP contribution is 2.24. The van der Waals surface area contributed by atoms with E-state index >= 15 is 0 Å². The molecule has 5 heteroatoms. The number of nitrogen functional groups attached to an aromatic ring is 1. The van der Waals surface area contributed by atoms with Crippen LogP contribution in [0.5, 0.6) is 0 Å². The van der Waals surface area contributed by atoms with Gasteiger partial charge in [0.1, 0.15) is 0 Å². The molecule has 0 bridgehead atoms. The third-order valence-corrected chi connectivity index (χ3v) is 3.57. The normalized spacial score (nSPS) is 15.3. The molecule has 2 heterocycles. The summed E-state index contributed by atoms with van der Waals surface area (Å²) in [6, 6.07) is 7.86. The molecule has 0 saturated carbocycles. The van der Waals surface area contributed by atoms with Gasteiger partial charge in [-0.15, -0.1) is 0 Å². The first kappa shape index (κ1) is 12.9. The minimum atomic E-state index is 0.780. The van der Waals surface area contributed by atoms with Crippen molar-refractivity contribution in [3.8, 4) is 11.3 Å². The van der Waals surface area contributed by atoms with Crippen LogP contribution < -0.4 is 16.0 Å². The Morgan fingerprint density at radius 3 is 2.75 bits per heavy atom. The van der Waals surface area contributed by atoms with Crippen molar-refractivity contribution in [2.24, 2.45) is 0 Å². The standard InChI is InChI=1S/C15H19N5/c1-11-10-12(16)2-3-13(11)14-4-5-18-15(19-14)20-8-6-17-7-9-20/h2-5,10,17H,6-9,16H2,1H3. The summed E-state index contributed by atoms with van der Waals surface area (Å²) in [5, 5.41) is 3.34. The number of piperazine rings is 1. The van der Waals surface area contributed by atoms with Crippen molar-refractivity contribution < 1.29 is 0 Å². The molecule has 0 amide bonds. The molecule has 1 fully saturated rings. The van der Waals surface area contributed by atoms with Crippen LogP contribution in [0.25, 0.3) is 11.3 Å². The summed E-state index contributed by atoms with van der Waals surface area (Å²) in [6.07, 6.45) is 1.83. The number of nitrogens with one attached hydrogen (secondary N) is 1. The van der Waals surface area contributed by atoms with Gasteiger partial charge in [-0.1, -0.05) is 6.07 Å². The molecule has 2 aromatic rings. The van der Waals surface area contributed by atoms with Crippen LogP contribution in [0.2, 0.25) is 0 Å². The van der Waals surface area contributed by atoms with E-state index in [0.29, 0.717) is 0 Å². The van der Waals surface area contributed by atoms with Gasteiger partial charge in [-0.25, -0.2) is 9.97 Å². The molecular formula is C15H19N5. The fraction of sp³-hybridized carbons (Fsp3) is 0.333. The van der Waals surface area contributed by atoms with Gasteiger partial charge >= 0.3 is 0 Å². The molecule has 1 aliphatic heterocycles. The molecule has 0 spiro atoms. The van der Waals surface area contributed by atoms with Gasteiger partial charge in [0.2, 0.25) is 5.95 Å². The topological polar surface area (TPSA) is 67.1 Å². The van der Waals surface area contributed by atoms with Crippen LogP contribution in [-0.4, -0.2) is 36.1 Å². The highest BCUT2D eigenvalue weighted by Gasteiger charge is 2.14. The number of hydrogen-bond acceptors (Lipinski definition) is 5. The predicted octanol–water partition coefficient (Wildman–Crippen LogP) is 1.44. The predicted molar refractivity (Wildman–Crippen MR) is 81.7 cm³/mol. The molecule has 0 unspecified atom stereocenters. The van der Waals surface area contributed by atoms with Crippen LogP contribution in [0.4, 0.5) is 11.6 Å². The fourth-order valence-electron chi connectivity index (χ4n) is 2.49. The lowest BCUT2D eigenvalue weighted by Crippen LogP contribution is -2.44. The number of aromatic nitrogens is 2. The van der Waals surface area contributed by atoms with E-state index < -0.39 is 0 Å². The van der Waals surface area contributed by atoms with Crippen LogP contribution in [0.1, 0.15) is 5.56 Å². The smallest absolute Gasteiger partial charge is 0.225 e. The zero-order valence-corrected chi connectivity index (χ0v) is 11.6. The van der Waals surface area contributed by atoms with Gasteiger partial charge in [-0.2, -0.15) is 0 Å². The molecule has 1 aliphatic rings. The van der Waals surface area contributed by atoms with Gasteiger partial charge in [-0.05, 0) is 30.7 Å². The number of anilines is 2. The summed E-state index contributed by atoms with van der Waals surface area (Å²) < 4.78 is 0. The maximum Gasteiger partial charge on any atom is 0.225 e. The number of rotatable bonds is 2. The monoisotopic (exact) mass is 269 g/mol. The molecule has 0 radical (unpaired) electrons. The highest BCUT2D eigenvalue weighted by molar-refractivity contribution is 5.67. The molecule has 3 rings (SSSR count). The van der Waals surface area contributed by atoms with Gasteiger partial charge in [0.25, 0.3) is 0 Å². The Labute approximate surface area is 118 Å². The van der Waals surface area contributed by atoms with Crippen molar-refractivity contribution in [1.82, 2.24) is 15.3 Å². The molecule has 1 aromatic heterocycles. The Morgan fingerprint density at radius 1 is 1.20 bits per heavy atom. The second-order valence-electron chi connectivity index (χ2n) is 5.05. The van der Waals surface area contributed by atoms with Crippen LogP contribution >= 0.6 is 0 Å². The van der Waals surface area contributed by atoms with Crippen molar-refractivity contribution in [3.05, 3.63) is 36.0 Å². The molecular weight excluding hydrogens is 250 g/mol. The molecule has 1 saturated heterocycles. The number of nitrogens with zero attached hydrogens (tertiary/aromatic N) is 3. The Kier molecular flexibility index (Phi) is 3.52. The lowest BCUT2D eigenvalue weighted by atomic mass is 10.0. The molecule has 1 aromatic carbocycles. The van der Waals surface area contributed by atoms with E-state index in [1.165, 1.54) is 0 Å². The zero-order valence-electron chi connectivity index (χ0n) is 11.6. The number of aryl methyl sites for hydroxylation is 1. The third-order valence-electron chi connectivity index (χ3n) is 3.57. The van der Waals surface area contributed by atoms with E-state index in [9.17, 15) is 0 Å². The van der Waals surface area contributed by atoms with Crippen LogP contribution in [0.3, 0.4) is 0 Å². The first-order valence-electron chi connectivity index (χ1n) is 6.89. The van der Waals surface area contributed by atoms with Crippen molar-refractivity contribution in [3.63, 3.8) is 0 Å². The van der Waals surface area contributed by atoms with Gasteiger partial charge in [-0.3, -0.25) is 0 Å². The number of benzene rings is 1. The van der Waals surface area contributed by atoms with Crippen molar-refractivity contribution >= 4 is 11.6 Å². The first-order valence-corrected chi connectivity index (χ1v) is 6.89. The van der Waals surface area contributed by atoms with Crippen LogP contribution in [-0.2, 0) is 0 Å². The molecule has 0 atom stereocenters. The van der Waals surface area contributed by atoms with Crippen molar-refractivity contribution in [2.45, 2.75) is 6.92 Å². The second kappa shape index (κ2) is 5.46. The van der Waals surface area contributed by atoms with Crippen LogP contribution in [0, 0.1) is 6.92 Å². The largest absolute Gasteiger partial charge is 0.399 e. The van der Waals surface area contributed by atoms with E-state index in [1.807, 2.05) is 30.5 Å². The van der Waals surface area contributed by atoms with Gasteiger partial charge in [0.05, 0.1) is 5.69 Å². The fourth-order valence-corrected chi connectivity index (χ4v) is 2.49. The molecule has 20 heavy (non-hydrogen) atoms. The van der Waals surface area contributed by atoms with E-state index in [-0.39, 0.29) is 0 Å². The maximum atomic E-state index is 5.80. The van der Waals surface area contributed by atoms with Crippen LogP contribution in [0.15, 0.2) is 30.5 Å². The summed E-state index contributed by atoms with van der Waals surface area (Å²) in [7, 11) is 0. The summed E-state index contributed by atoms with van der Waals surface area (Å²) in [5.74, 6) is 0.806. The molecule has 0 aliphatic carbocycles. The summed E-state index contributed by atoms with van der Waals surface area (Å²) in [5.41, 5.74) is 9.78. The van der Waals surface area contributed by atoms with E-state index in [1.54, 1.807) is 0 Å².